The zero-order valence-electron chi connectivity index (χ0n) is 18.4. The van der Waals surface area contributed by atoms with E-state index in [-0.39, 0.29) is 5.56 Å². The first-order valence-corrected chi connectivity index (χ1v) is 11.9. The van der Waals surface area contributed by atoms with Crippen molar-refractivity contribution in [1.82, 2.24) is 9.38 Å². The van der Waals surface area contributed by atoms with Gasteiger partial charge in [0.1, 0.15) is 5.75 Å². The van der Waals surface area contributed by atoms with Gasteiger partial charge in [-0.05, 0) is 48.0 Å². The van der Waals surface area contributed by atoms with E-state index in [1.54, 1.807) is 23.7 Å². The van der Waals surface area contributed by atoms with Gasteiger partial charge in [-0.25, -0.2) is 9.38 Å². The van der Waals surface area contributed by atoms with E-state index in [1.807, 2.05) is 60.7 Å². The summed E-state index contributed by atoms with van der Waals surface area (Å²) in [7, 11) is 1.56. The van der Waals surface area contributed by atoms with Crippen molar-refractivity contribution in [1.29, 1.82) is 0 Å². The van der Waals surface area contributed by atoms with Gasteiger partial charge < -0.3 is 14.2 Å². The van der Waals surface area contributed by atoms with Gasteiger partial charge in [0.05, 0.1) is 40.9 Å². The molecule has 0 aliphatic heterocycles. The van der Waals surface area contributed by atoms with Gasteiger partial charge >= 0.3 is 0 Å². The number of imidazole rings is 1. The Morgan fingerprint density at radius 1 is 1.03 bits per heavy atom. The molecular weight excluding hydrogens is 472 g/mol. The highest BCUT2D eigenvalue weighted by Crippen LogP contribution is 2.36. The maximum Gasteiger partial charge on any atom is 0.274 e. The van der Waals surface area contributed by atoms with Gasteiger partial charge in [-0.15, -0.1) is 0 Å². The number of methoxy groups -OCH3 is 1. The zero-order chi connectivity index (χ0) is 23.5. The predicted molar refractivity (Wildman–Crippen MR) is 136 cm³/mol. The summed E-state index contributed by atoms with van der Waals surface area (Å²) >= 11 is 7.86. The van der Waals surface area contributed by atoms with Crippen molar-refractivity contribution in [2.75, 3.05) is 20.3 Å². The maximum atomic E-state index is 13.0. The number of aromatic nitrogens is 2. The fourth-order valence-electron chi connectivity index (χ4n) is 3.67. The molecule has 0 fully saturated rings. The normalized spacial score (nSPS) is 11.9. The van der Waals surface area contributed by atoms with Crippen LogP contribution in [0.1, 0.15) is 12.0 Å². The molecule has 0 N–H and O–H groups in total. The fourth-order valence-corrected chi connectivity index (χ4v) is 4.93. The molecule has 34 heavy (non-hydrogen) atoms. The van der Waals surface area contributed by atoms with Gasteiger partial charge in [0, 0.05) is 6.42 Å². The van der Waals surface area contributed by atoms with Crippen molar-refractivity contribution in [3.05, 3.63) is 92.2 Å². The average molecular weight is 493 g/mol. The maximum absolute atomic E-state index is 13.0. The summed E-state index contributed by atoms with van der Waals surface area (Å²) in [6.07, 6.45) is 2.48. The van der Waals surface area contributed by atoms with E-state index in [2.05, 4.69) is 4.98 Å². The quantitative estimate of drug-likeness (QED) is 0.286. The molecule has 3 aromatic carbocycles. The number of hydrogen-bond acceptors (Lipinski definition) is 6. The molecule has 0 spiro atoms. The zero-order valence-corrected chi connectivity index (χ0v) is 19.9. The van der Waals surface area contributed by atoms with Crippen LogP contribution in [0.25, 0.3) is 22.1 Å². The van der Waals surface area contributed by atoms with Gasteiger partial charge in [0.25, 0.3) is 5.56 Å². The predicted octanol–water partition coefficient (Wildman–Crippen LogP) is 4.97. The first-order valence-electron chi connectivity index (χ1n) is 10.7. The SMILES string of the molecule is COc1cc(/C=c2\sc3nc4ccccc4n3c2=O)cc(Cl)c1OCCCOc1ccccc1. The molecule has 2 heterocycles. The molecule has 0 saturated carbocycles. The number of hydrogen-bond donors (Lipinski definition) is 0. The second kappa shape index (κ2) is 9.75. The Morgan fingerprint density at radius 2 is 1.79 bits per heavy atom. The van der Waals surface area contributed by atoms with Crippen LogP contribution < -0.4 is 24.3 Å². The summed E-state index contributed by atoms with van der Waals surface area (Å²) in [4.78, 5) is 18.2. The molecule has 172 valence electrons. The lowest BCUT2D eigenvalue weighted by molar-refractivity contribution is 0.240. The molecular formula is C26H21ClN2O4S. The second-order valence-electron chi connectivity index (χ2n) is 7.53. The Hall–Kier alpha value is -3.55. The summed E-state index contributed by atoms with van der Waals surface area (Å²) in [5, 5.41) is 0.411. The number of benzene rings is 3. The van der Waals surface area contributed by atoms with Crippen molar-refractivity contribution in [2.24, 2.45) is 0 Å². The number of fused-ring (bicyclic) bond motifs is 3. The van der Waals surface area contributed by atoms with Crippen LogP contribution in [0.2, 0.25) is 5.02 Å². The van der Waals surface area contributed by atoms with Crippen LogP contribution >= 0.6 is 22.9 Å². The number of thiazole rings is 1. The largest absolute Gasteiger partial charge is 0.493 e. The highest BCUT2D eigenvalue weighted by Gasteiger charge is 2.14. The van der Waals surface area contributed by atoms with Crippen LogP contribution in [0.5, 0.6) is 17.2 Å². The van der Waals surface area contributed by atoms with E-state index >= 15 is 0 Å². The molecule has 0 aliphatic carbocycles. The van der Waals surface area contributed by atoms with Crippen LogP contribution in [0.3, 0.4) is 0 Å². The third-order valence-electron chi connectivity index (χ3n) is 5.24. The number of nitrogens with zero attached hydrogens (tertiary/aromatic N) is 2. The Balaban J connectivity index is 1.34. The van der Waals surface area contributed by atoms with Crippen LogP contribution in [0, 0.1) is 0 Å². The molecule has 0 bridgehead atoms. The number of para-hydroxylation sites is 3. The molecule has 0 amide bonds. The van der Waals surface area contributed by atoms with Crippen molar-refractivity contribution < 1.29 is 14.2 Å². The molecule has 0 atom stereocenters. The van der Waals surface area contributed by atoms with Crippen LogP contribution in [-0.4, -0.2) is 29.7 Å². The van der Waals surface area contributed by atoms with E-state index in [4.69, 9.17) is 25.8 Å². The van der Waals surface area contributed by atoms with E-state index < -0.39 is 0 Å². The minimum absolute atomic E-state index is 0.109. The number of rotatable bonds is 8. The molecule has 2 aromatic heterocycles. The number of halogens is 1. The minimum atomic E-state index is -0.109. The fraction of sp³-hybridized carbons (Fsp3) is 0.154. The lowest BCUT2D eigenvalue weighted by Crippen LogP contribution is -2.22. The molecule has 8 heteroatoms. The molecule has 0 saturated heterocycles. The molecule has 5 aromatic rings. The lowest BCUT2D eigenvalue weighted by atomic mass is 10.2. The van der Waals surface area contributed by atoms with Crippen LogP contribution in [0.15, 0.2) is 71.5 Å². The molecule has 6 nitrogen and oxygen atoms in total. The summed E-state index contributed by atoms with van der Waals surface area (Å²) in [5.74, 6) is 1.79. The first-order chi connectivity index (χ1) is 16.6. The monoisotopic (exact) mass is 492 g/mol. The van der Waals surface area contributed by atoms with E-state index in [9.17, 15) is 4.79 Å². The Bertz CT molecular complexity index is 1560. The van der Waals surface area contributed by atoms with Crippen molar-refractivity contribution in [3.63, 3.8) is 0 Å². The van der Waals surface area contributed by atoms with Crippen molar-refractivity contribution in [3.8, 4) is 17.2 Å². The first kappa shape index (κ1) is 22.3. The Morgan fingerprint density at radius 3 is 2.62 bits per heavy atom. The van der Waals surface area contributed by atoms with Gasteiger partial charge in [-0.2, -0.15) is 0 Å². The standard InChI is InChI=1S/C26H21ClN2O4S/c1-31-22-15-17(14-19(27)24(22)33-13-7-12-32-18-8-3-2-4-9-18)16-23-25(30)29-21-11-6-5-10-20(21)28-26(29)34-23/h2-6,8-11,14-16H,7,12-13H2,1H3/b23-16-. The van der Waals surface area contributed by atoms with Crippen molar-refractivity contribution >= 4 is 45.0 Å². The average Bonchev–Trinajstić information content (AvgIpc) is 3.36. The lowest BCUT2D eigenvalue weighted by Gasteiger charge is -2.13. The van der Waals surface area contributed by atoms with Gasteiger partial charge in [0.2, 0.25) is 0 Å². The van der Waals surface area contributed by atoms with Crippen LogP contribution in [-0.2, 0) is 0 Å². The highest BCUT2D eigenvalue weighted by molar-refractivity contribution is 7.15. The Kier molecular flexibility index (Phi) is 6.38. The summed E-state index contributed by atoms with van der Waals surface area (Å²) in [5.41, 5.74) is 2.24. The van der Waals surface area contributed by atoms with Gasteiger partial charge in [-0.1, -0.05) is 53.3 Å². The van der Waals surface area contributed by atoms with E-state index in [0.29, 0.717) is 45.6 Å². The smallest absolute Gasteiger partial charge is 0.274 e. The molecule has 0 aliphatic rings. The second-order valence-corrected chi connectivity index (χ2v) is 8.95. The van der Waals surface area contributed by atoms with E-state index in [0.717, 1.165) is 22.3 Å². The summed E-state index contributed by atoms with van der Waals surface area (Å²) < 4.78 is 19.3. The molecule has 5 rings (SSSR count). The molecule has 0 unspecified atom stereocenters. The van der Waals surface area contributed by atoms with Crippen LogP contribution in [0.4, 0.5) is 0 Å². The topological polar surface area (TPSA) is 62.1 Å². The Labute approximate surface area is 204 Å². The third-order valence-corrected chi connectivity index (χ3v) is 6.49. The van der Waals surface area contributed by atoms with Gasteiger partial charge in [0.15, 0.2) is 16.5 Å². The molecule has 0 radical (unpaired) electrons. The van der Waals surface area contributed by atoms with E-state index in [1.165, 1.54) is 11.3 Å². The summed E-state index contributed by atoms with van der Waals surface area (Å²) in [6, 6.07) is 20.8. The van der Waals surface area contributed by atoms with Crippen molar-refractivity contribution in [2.45, 2.75) is 6.42 Å². The summed E-state index contributed by atoms with van der Waals surface area (Å²) in [6.45, 7) is 0.947. The highest BCUT2D eigenvalue weighted by atomic mass is 35.5. The minimum Gasteiger partial charge on any atom is -0.493 e. The van der Waals surface area contributed by atoms with Gasteiger partial charge in [-0.3, -0.25) is 4.79 Å². The third kappa shape index (κ3) is 4.44. The number of ether oxygens (including phenoxy) is 3.